The van der Waals surface area contributed by atoms with Crippen LogP contribution in [0.3, 0.4) is 0 Å². The SMILES string of the molecule is CC=CC=CC(=O)O.Cl. The van der Waals surface area contributed by atoms with Crippen LogP contribution < -0.4 is 0 Å². The van der Waals surface area contributed by atoms with Crippen molar-refractivity contribution in [3.05, 3.63) is 24.3 Å². The maximum absolute atomic E-state index is 9.75. The highest BCUT2D eigenvalue weighted by Gasteiger charge is 1.78. The second-order valence-corrected chi connectivity index (χ2v) is 1.22. The molecule has 2 nitrogen and oxygen atoms in total. The predicted molar refractivity (Wildman–Crippen MR) is 38.8 cm³/mol. The molecule has 0 unspecified atom stereocenters. The quantitative estimate of drug-likeness (QED) is 0.477. The van der Waals surface area contributed by atoms with E-state index in [1.807, 2.05) is 6.92 Å². The molecular weight excluding hydrogens is 140 g/mol. The van der Waals surface area contributed by atoms with Gasteiger partial charge in [0.25, 0.3) is 0 Å². The lowest BCUT2D eigenvalue weighted by atomic mass is 10.4. The van der Waals surface area contributed by atoms with E-state index >= 15 is 0 Å². The molecular formula is C6H9ClO2. The number of carbonyl (C=O) groups is 1. The minimum absolute atomic E-state index is 0. The van der Waals surface area contributed by atoms with Gasteiger partial charge in [-0.1, -0.05) is 18.2 Å². The molecule has 0 bridgehead atoms. The third-order valence-electron chi connectivity index (χ3n) is 0.542. The summed E-state index contributed by atoms with van der Waals surface area (Å²) in [5.41, 5.74) is 0. The summed E-state index contributed by atoms with van der Waals surface area (Å²) in [6, 6.07) is 0. The first kappa shape index (κ1) is 11.1. The number of carboxylic acid groups (broad SMARTS) is 1. The van der Waals surface area contributed by atoms with Gasteiger partial charge >= 0.3 is 5.97 Å². The van der Waals surface area contributed by atoms with Gasteiger partial charge in [0.1, 0.15) is 0 Å². The number of allylic oxidation sites excluding steroid dienone is 3. The van der Waals surface area contributed by atoms with E-state index in [1.54, 1.807) is 12.2 Å². The fourth-order valence-electron chi connectivity index (χ4n) is 0.249. The van der Waals surface area contributed by atoms with Crippen molar-refractivity contribution in [1.82, 2.24) is 0 Å². The molecule has 0 aliphatic heterocycles. The fraction of sp³-hybridized carbons (Fsp3) is 0.167. The molecule has 0 rings (SSSR count). The Morgan fingerprint density at radius 3 is 2.33 bits per heavy atom. The Balaban J connectivity index is 0. The summed E-state index contributed by atoms with van der Waals surface area (Å²) in [5.74, 6) is -0.914. The molecule has 0 aromatic carbocycles. The molecule has 0 amide bonds. The van der Waals surface area contributed by atoms with Gasteiger partial charge in [-0.2, -0.15) is 0 Å². The highest BCUT2D eigenvalue weighted by atomic mass is 35.5. The molecule has 0 heterocycles. The lowest BCUT2D eigenvalue weighted by molar-refractivity contribution is -0.131. The van der Waals surface area contributed by atoms with Crippen molar-refractivity contribution in [2.45, 2.75) is 6.92 Å². The average molecular weight is 149 g/mol. The van der Waals surface area contributed by atoms with Crippen molar-refractivity contribution in [3.8, 4) is 0 Å². The Labute approximate surface area is 60.3 Å². The molecule has 0 saturated heterocycles. The van der Waals surface area contributed by atoms with Crippen LogP contribution in [0.4, 0.5) is 0 Å². The van der Waals surface area contributed by atoms with Crippen LogP contribution in [0, 0.1) is 0 Å². The van der Waals surface area contributed by atoms with Crippen LogP contribution in [0.5, 0.6) is 0 Å². The molecule has 9 heavy (non-hydrogen) atoms. The Bertz CT molecular complexity index is 127. The summed E-state index contributed by atoms with van der Waals surface area (Å²) in [7, 11) is 0. The number of aliphatic carboxylic acids is 1. The van der Waals surface area contributed by atoms with Gasteiger partial charge in [0.2, 0.25) is 0 Å². The summed E-state index contributed by atoms with van der Waals surface area (Å²) in [6.45, 7) is 1.83. The van der Waals surface area contributed by atoms with Crippen LogP contribution in [0.1, 0.15) is 6.92 Å². The topological polar surface area (TPSA) is 37.3 Å². The van der Waals surface area contributed by atoms with E-state index in [4.69, 9.17) is 5.11 Å². The molecule has 0 aromatic heterocycles. The average Bonchev–Trinajstić information content (AvgIpc) is 1.66. The van der Waals surface area contributed by atoms with Crippen LogP contribution >= 0.6 is 12.4 Å². The molecule has 0 atom stereocenters. The Morgan fingerprint density at radius 1 is 1.44 bits per heavy atom. The summed E-state index contributed by atoms with van der Waals surface area (Å²) in [5, 5.41) is 8.02. The van der Waals surface area contributed by atoms with Crippen molar-refractivity contribution < 1.29 is 9.90 Å². The molecule has 0 radical (unpaired) electrons. The zero-order valence-electron chi connectivity index (χ0n) is 5.07. The van der Waals surface area contributed by atoms with Gasteiger partial charge < -0.3 is 5.11 Å². The van der Waals surface area contributed by atoms with Crippen LogP contribution in [0.25, 0.3) is 0 Å². The van der Waals surface area contributed by atoms with Gasteiger partial charge in [0.15, 0.2) is 0 Å². The second kappa shape index (κ2) is 7.24. The van der Waals surface area contributed by atoms with E-state index < -0.39 is 5.97 Å². The molecule has 0 aromatic rings. The molecule has 0 aliphatic carbocycles. The van der Waals surface area contributed by atoms with E-state index in [0.717, 1.165) is 6.08 Å². The van der Waals surface area contributed by atoms with Crippen LogP contribution in [0.2, 0.25) is 0 Å². The van der Waals surface area contributed by atoms with Crippen LogP contribution in [0.15, 0.2) is 24.3 Å². The fourth-order valence-corrected chi connectivity index (χ4v) is 0.249. The van der Waals surface area contributed by atoms with Gasteiger partial charge in [-0.15, -0.1) is 12.4 Å². The summed E-state index contributed by atoms with van der Waals surface area (Å²) >= 11 is 0. The maximum atomic E-state index is 9.75. The Morgan fingerprint density at radius 2 is 2.00 bits per heavy atom. The van der Waals surface area contributed by atoms with Crippen molar-refractivity contribution in [3.63, 3.8) is 0 Å². The first-order valence-corrected chi connectivity index (χ1v) is 2.29. The lowest BCUT2D eigenvalue weighted by Crippen LogP contribution is -1.83. The van der Waals surface area contributed by atoms with Crippen LogP contribution in [-0.2, 0) is 4.79 Å². The van der Waals surface area contributed by atoms with Gasteiger partial charge in [0.05, 0.1) is 0 Å². The molecule has 0 fully saturated rings. The smallest absolute Gasteiger partial charge is 0.328 e. The molecule has 3 heteroatoms. The second-order valence-electron chi connectivity index (χ2n) is 1.22. The first-order chi connectivity index (χ1) is 3.77. The number of hydrogen-bond donors (Lipinski definition) is 1. The first-order valence-electron chi connectivity index (χ1n) is 2.29. The van der Waals surface area contributed by atoms with Gasteiger partial charge in [-0.3, -0.25) is 0 Å². The maximum Gasteiger partial charge on any atom is 0.328 e. The number of rotatable bonds is 2. The van der Waals surface area contributed by atoms with E-state index in [1.165, 1.54) is 6.08 Å². The van der Waals surface area contributed by atoms with Gasteiger partial charge in [-0.05, 0) is 6.92 Å². The number of halogens is 1. The van der Waals surface area contributed by atoms with Gasteiger partial charge in [0, 0.05) is 6.08 Å². The van der Waals surface area contributed by atoms with E-state index in [2.05, 4.69) is 0 Å². The zero-order chi connectivity index (χ0) is 6.41. The minimum Gasteiger partial charge on any atom is -0.478 e. The Kier molecular flexibility index (Phi) is 8.92. The van der Waals surface area contributed by atoms with Gasteiger partial charge in [-0.25, -0.2) is 4.79 Å². The minimum atomic E-state index is -0.914. The molecule has 1 N–H and O–H groups in total. The third-order valence-corrected chi connectivity index (χ3v) is 0.542. The lowest BCUT2D eigenvalue weighted by Gasteiger charge is -1.72. The monoisotopic (exact) mass is 148 g/mol. The summed E-state index contributed by atoms with van der Waals surface area (Å²) in [6.07, 6.45) is 5.98. The van der Waals surface area contributed by atoms with E-state index in [9.17, 15) is 4.79 Å². The van der Waals surface area contributed by atoms with Crippen LogP contribution in [-0.4, -0.2) is 11.1 Å². The number of hydrogen-bond acceptors (Lipinski definition) is 1. The molecule has 52 valence electrons. The van der Waals surface area contributed by atoms with E-state index in [-0.39, 0.29) is 12.4 Å². The summed E-state index contributed by atoms with van der Waals surface area (Å²) < 4.78 is 0. The van der Waals surface area contributed by atoms with Crippen molar-refractivity contribution in [1.29, 1.82) is 0 Å². The molecule has 0 aliphatic rings. The van der Waals surface area contributed by atoms with Crippen molar-refractivity contribution in [2.75, 3.05) is 0 Å². The highest BCUT2D eigenvalue weighted by molar-refractivity contribution is 5.85. The molecule has 0 spiro atoms. The Hall–Kier alpha value is -0.760. The summed E-state index contributed by atoms with van der Waals surface area (Å²) in [4.78, 5) is 9.75. The van der Waals surface area contributed by atoms with E-state index in [0.29, 0.717) is 0 Å². The highest BCUT2D eigenvalue weighted by Crippen LogP contribution is 1.74. The van der Waals surface area contributed by atoms with Crippen molar-refractivity contribution in [2.24, 2.45) is 0 Å². The molecule has 0 saturated carbocycles. The number of carboxylic acids is 1. The zero-order valence-corrected chi connectivity index (χ0v) is 5.89. The van der Waals surface area contributed by atoms with Crippen molar-refractivity contribution >= 4 is 18.4 Å². The predicted octanol–water partition coefficient (Wildman–Crippen LogP) is 1.63. The normalized spacial score (nSPS) is 9.89. The third kappa shape index (κ3) is 11.1. The standard InChI is InChI=1S/C6H8O2.ClH/c1-2-3-4-5-6(7)8;/h2-5H,1H3,(H,7,8);1H. The largest absolute Gasteiger partial charge is 0.478 e.